The number of carbonyl (C=O) groups is 1. The van der Waals surface area contributed by atoms with Gasteiger partial charge in [0.1, 0.15) is 0 Å². The van der Waals surface area contributed by atoms with E-state index in [4.69, 9.17) is 11.6 Å². The maximum Gasteiger partial charge on any atom is 0.262 e. The fourth-order valence-corrected chi connectivity index (χ4v) is 5.48. The summed E-state index contributed by atoms with van der Waals surface area (Å²) in [4.78, 5) is 17.2. The van der Waals surface area contributed by atoms with Crippen LogP contribution in [0, 0.1) is 13.8 Å². The van der Waals surface area contributed by atoms with Crippen molar-refractivity contribution in [2.24, 2.45) is 0 Å². The molecule has 8 heteroatoms. The quantitative estimate of drug-likeness (QED) is 0.570. The largest absolute Gasteiger partial charge is 0.368 e. The summed E-state index contributed by atoms with van der Waals surface area (Å²) in [5.41, 5.74) is 3.54. The van der Waals surface area contributed by atoms with Crippen molar-refractivity contribution in [2.75, 3.05) is 35.8 Å². The molecule has 1 N–H and O–H groups in total. The number of nitrogens with one attached hydrogen (secondary N) is 1. The average molecular weight is 484 g/mol. The summed E-state index contributed by atoms with van der Waals surface area (Å²) in [6, 6.07) is 19.6. The van der Waals surface area contributed by atoms with E-state index >= 15 is 0 Å². The molecule has 1 heterocycles. The topological polar surface area (TPSA) is 69.7 Å². The molecule has 0 bridgehead atoms. The molecule has 1 aliphatic heterocycles. The molecular formula is C25H26ClN3O3S. The van der Waals surface area contributed by atoms with E-state index in [1.54, 1.807) is 43.3 Å². The van der Waals surface area contributed by atoms with E-state index in [9.17, 15) is 13.2 Å². The Bertz CT molecular complexity index is 1270. The Morgan fingerprint density at radius 2 is 1.61 bits per heavy atom. The molecule has 6 nitrogen and oxygen atoms in total. The molecule has 0 saturated carbocycles. The minimum absolute atomic E-state index is 0.0651. The van der Waals surface area contributed by atoms with Crippen LogP contribution in [0.15, 0.2) is 71.6 Å². The molecule has 0 unspecified atom stereocenters. The summed E-state index contributed by atoms with van der Waals surface area (Å²) in [7, 11) is -3.72. The molecule has 0 spiro atoms. The molecule has 0 aliphatic carbocycles. The standard InChI is InChI=1S/C25H26ClN3O3S/c1-18-6-7-19(2)24(16-18)33(31,32)27-22-10-8-20(9-11-22)25(30)29-14-12-28(13-15-29)23-5-3-4-21(26)17-23/h3-11,16-17,27H,12-15H2,1-2H3. The first-order valence-corrected chi connectivity index (χ1v) is 12.6. The van der Waals surface area contributed by atoms with Gasteiger partial charge in [0.05, 0.1) is 4.90 Å². The second-order valence-corrected chi connectivity index (χ2v) is 10.3. The van der Waals surface area contributed by atoms with Gasteiger partial charge in [0.25, 0.3) is 15.9 Å². The zero-order valence-electron chi connectivity index (χ0n) is 18.6. The van der Waals surface area contributed by atoms with Crippen LogP contribution in [0.4, 0.5) is 11.4 Å². The van der Waals surface area contributed by atoms with E-state index in [0.29, 0.717) is 34.9 Å². The second-order valence-electron chi connectivity index (χ2n) is 8.21. The molecule has 33 heavy (non-hydrogen) atoms. The molecule has 0 aromatic heterocycles. The van der Waals surface area contributed by atoms with Crippen molar-refractivity contribution in [1.29, 1.82) is 0 Å². The third-order valence-corrected chi connectivity index (χ3v) is 7.52. The number of sulfonamides is 1. The summed E-state index contributed by atoms with van der Waals surface area (Å²) in [6.45, 7) is 6.27. The maximum atomic E-state index is 12.9. The van der Waals surface area contributed by atoms with Gasteiger partial charge in [-0.25, -0.2) is 8.42 Å². The van der Waals surface area contributed by atoms with Gasteiger partial charge in [-0.1, -0.05) is 29.8 Å². The predicted molar refractivity (Wildman–Crippen MR) is 133 cm³/mol. The molecule has 3 aromatic rings. The highest BCUT2D eigenvalue weighted by molar-refractivity contribution is 7.92. The lowest BCUT2D eigenvalue weighted by molar-refractivity contribution is 0.0747. The average Bonchev–Trinajstić information content (AvgIpc) is 2.80. The Balaban J connectivity index is 1.40. The van der Waals surface area contributed by atoms with Crippen LogP contribution in [-0.2, 0) is 10.0 Å². The van der Waals surface area contributed by atoms with Crippen LogP contribution in [0.3, 0.4) is 0 Å². The van der Waals surface area contributed by atoms with Crippen molar-refractivity contribution in [1.82, 2.24) is 4.90 Å². The number of benzene rings is 3. The van der Waals surface area contributed by atoms with Crippen LogP contribution in [0.1, 0.15) is 21.5 Å². The number of aryl methyl sites for hydroxylation is 2. The lowest BCUT2D eigenvalue weighted by atomic mass is 10.1. The number of hydrogen-bond acceptors (Lipinski definition) is 4. The van der Waals surface area contributed by atoms with E-state index < -0.39 is 10.0 Å². The molecular weight excluding hydrogens is 458 g/mol. The van der Waals surface area contributed by atoms with Gasteiger partial charge in [0, 0.05) is 48.1 Å². The zero-order chi connectivity index (χ0) is 23.6. The first-order chi connectivity index (χ1) is 15.7. The fraction of sp³-hybridized carbons (Fsp3) is 0.240. The Labute approximate surface area is 199 Å². The summed E-state index contributed by atoms with van der Waals surface area (Å²) in [6.07, 6.45) is 0. The van der Waals surface area contributed by atoms with Crippen molar-refractivity contribution in [3.05, 3.63) is 88.4 Å². The Hall–Kier alpha value is -3.03. The van der Waals surface area contributed by atoms with Crippen molar-refractivity contribution in [2.45, 2.75) is 18.7 Å². The highest BCUT2D eigenvalue weighted by atomic mass is 35.5. The second kappa shape index (κ2) is 9.45. The maximum absolute atomic E-state index is 12.9. The first kappa shape index (κ1) is 23.1. The Morgan fingerprint density at radius 1 is 0.909 bits per heavy atom. The summed E-state index contributed by atoms with van der Waals surface area (Å²) in [5.74, 6) is -0.0651. The molecule has 172 valence electrons. The molecule has 1 amide bonds. The van der Waals surface area contributed by atoms with Gasteiger partial charge in [-0.15, -0.1) is 0 Å². The smallest absolute Gasteiger partial charge is 0.262 e. The van der Waals surface area contributed by atoms with Gasteiger partial charge in [-0.3, -0.25) is 9.52 Å². The number of piperazine rings is 1. The number of amides is 1. The van der Waals surface area contributed by atoms with E-state index in [-0.39, 0.29) is 10.8 Å². The molecule has 1 saturated heterocycles. The summed E-state index contributed by atoms with van der Waals surface area (Å²) < 4.78 is 28.2. The highest BCUT2D eigenvalue weighted by Crippen LogP contribution is 2.23. The summed E-state index contributed by atoms with van der Waals surface area (Å²) in [5, 5.41) is 0.694. The van der Waals surface area contributed by atoms with Gasteiger partial charge in [-0.05, 0) is 73.5 Å². The SMILES string of the molecule is Cc1ccc(C)c(S(=O)(=O)Nc2ccc(C(=O)N3CCN(c4cccc(Cl)c4)CC3)cc2)c1. The molecule has 1 fully saturated rings. The van der Waals surface area contributed by atoms with Crippen LogP contribution in [-0.4, -0.2) is 45.4 Å². The van der Waals surface area contributed by atoms with Crippen molar-refractivity contribution < 1.29 is 13.2 Å². The number of halogens is 1. The molecule has 0 radical (unpaired) electrons. The van der Waals surface area contributed by atoms with E-state index in [1.807, 2.05) is 42.2 Å². The number of carbonyl (C=O) groups excluding carboxylic acids is 1. The zero-order valence-corrected chi connectivity index (χ0v) is 20.2. The van der Waals surface area contributed by atoms with E-state index in [0.717, 1.165) is 24.3 Å². The van der Waals surface area contributed by atoms with Crippen LogP contribution in [0.5, 0.6) is 0 Å². The molecule has 0 atom stereocenters. The fourth-order valence-electron chi connectivity index (χ4n) is 3.91. The van der Waals surface area contributed by atoms with E-state index in [1.165, 1.54) is 0 Å². The third-order valence-electron chi connectivity index (χ3n) is 5.76. The number of rotatable bonds is 5. The molecule has 1 aliphatic rings. The van der Waals surface area contributed by atoms with E-state index in [2.05, 4.69) is 9.62 Å². The van der Waals surface area contributed by atoms with Crippen molar-refractivity contribution in [3.63, 3.8) is 0 Å². The van der Waals surface area contributed by atoms with Crippen molar-refractivity contribution >= 4 is 38.9 Å². The van der Waals surface area contributed by atoms with Crippen LogP contribution in [0.2, 0.25) is 5.02 Å². The van der Waals surface area contributed by atoms with Crippen LogP contribution >= 0.6 is 11.6 Å². The monoisotopic (exact) mass is 483 g/mol. The Morgan fingerprint density at radius 3 is 2.27 bits per heavy atom. The minimum Gasteiger partial charge on any atom is -0.368 e. The number of hydrogen-bond donors (Lipinski definition) is 1. The van der Waals surface area contributed by atoms with Gasteiger partial charge >= 0.3 is 0 Å². The number of nitrogens with zero attached hydrogens (tertiary/aromatic N) is 2. The highest BCUT2D eigenvalue weighted by Gasteiger charge is 2.23. The Kier molecular flexibility index (Phi) is 6.63. The van der Waals surface area contributed by atoms with Crippen LogP contribution < -0.4 is 9.62 Å². The van der Waals surface area contributed by atoms with Gasteiger partial charge in [0.2, 0.25) is 0 Å². The van der Waals surface area contributed by atoms with Crippen LogP contribution in [0.25, 0.3) is 0 Å². The predicted octanol–water partition coefficient (Wildman–Crippen LogP) is 4.72. The van der Waals surface area contributed by atoms with Gasteiger partial charge < -0.3 is 9.80 Å². The lowest BCUT2D eigenvalue weighted by Gasteiger charge is -2.36. The summed E-state index contributed by atoms with van der Waals surface area (Å²) >= 11 is 6.09. The normalized spacial score (nSPS) is 14.3. The third kappa shape index (κ3) is 5.31. The molecule has 4 rings (SSSR count). The van der Waals surface area contributed by atoms with Crippen molar-refractivity contribution in [3.8, 4) is 0 Å². The first-order valence-electron chi connectivity index (χ1n) is 10.7. The van der Waals surface area contributed by atoms with Gasteiger partial charge in [0.15, 0.2) is 0 Å². The number of anilines is 2. The minimum atomic E-state index is -3.72. The van der Waals surface area contributed by atoms with Gasteiger partial charge in [-0.2, -0.15) is 0 Å². The molecule has 3 aromatic carbocycles. The lowest BCUT2D eigenvalue weighted by Crippen LogP contribution is -2.48.